The number of anilines is 1. The molecule has 0 spiro atoms. The molecule has 0 saturated heterocycles. The second-order valence-corrected chi connectivity index (χ2v) is 7.26. The third-order valence-corrected chi connectivity index (χ3v) is 4.72. The Kier molecular flexibility index (Phi) is 7.36. The van der Waals surface area contributed by atoms with Crippen LogP contribution in [0.1, 0.15) is 12.0 Å². The maximum absolute atomic E-state index is 11.3. The molecule has 1 unspecified atom stereocenters. The largest absolute Gasteiger partial charge is 0.489 e. The van der Waals surface area contributed by atoms with E-state index < -0.39 is 0 Å². The summed E-state index contributed by atoms with van der Waals surface area (Å²) in [4.78, 5) is 15.4. The molecule has 0 aliphatic carbocycles. The quantitative estimate of drug-likeness (QED) is 0.517. The molecule has 3 N–H and O–H groups in total. The molecule has 146 valence electrons. The van der Waals surface area contributed by atoms with E-state index in [1.54, 1.807) is 24.7 Å². The molecule has 0 saturated carbocycles. The van der Waals surface area contributed by atoms with Gasteiger partial charge in [0.05, 0.1) is 12.9 Å². The Morgan fingerprint density at radius 2 is 1.96 bits per heavy atom. The first-order chi connectivity index (χ1) is 13.6. The fourth-order valence-corrected chi connectivity index (χ4v) is 3.06. The zero-order valence-electron chi connectivity index (χ0n) is 15.1. The minimum absolute atomic E-state index is 0.0371. The lowest BCUT2D eigenvalue weighted by Crippen LogP contribution is -2.23. The molecule has 0 aliphatic heterocycles. The fraction of sp³-hybridized carbons (Fsp3) is 0.200. The molecule has 0 fully saturated rings. The molecule has 6 nitrogen and oxygen atoms in total. The Morgan fingerprint density at radius 1 is 1.21 bits per heavy atom. The van der Waals surface area contributed by atoms with Crippen molar-refractivity contribution in [2.45, 2.75) is 25.5 Å². The Balaban J connectivity index is 1.64. The summed E-state index contributed by atoms with van der Waals surface area (Å²) in [6.45, 7) is 0.690. The van der Waals surface area contributed by atoms with Crippen LogP contribution in [0, 0.1) is 0 Å². The SMILES string of the molecule is NSC(=O)Nc1ccc(OC(CCc2ccc(Cl)cc2)Cn2ccnc2)cc1. The maximum Gasteiger partial charge on any atom is 0.298 e. The van der Waals surface area contributed by atoms with E-state index in [4.69, 9.17) is 21.5 Å². The third-order valence-electron chi connectivity index (χ3n) is 4.15. The molecule has 1 amide bonds. The molecule has 1 heterocycles. The van der Waals surface area contributed by atoms with Crippen LogP contribution < -0.4 is 15.2 Å². The van der Waals surface area contributed by atoms with E-state index in [0.717, 1.165) is 23.6 Å². The van der Waals surface area contributed by atoms with Gasteiger partial charge in [-0.15, -0.1) is 0 Å². The molecule has 1 atom stereocenters. The van der Waals surface area contributed by atoms with Crippen molar-refractivity contribution in [3.8, 4) is 5.75 Å². The summed E-state index contributed by atoms with van der Waals surface area (Å²) in [5.41, 5.74) is 1.88. The number of ether oxygens (including phenoxy) is 1. The van der Waals surface area contributed by atoms with Gasteiger partial charge in [-0.3, -0.25) is 9.93 Å². The third kappa shape index (κ3) is 6.30. The standard InChI is InChI=1S/C20H21ClN4O2S/c21-16-4-1-15(2-5-16)3-8-19(13-25-12-11-23-14-25)27-18-9-6-17(7-10-18)24-20(26)28-22/h1-2,4-7,9-12,14,19H,3,8,13,22H2,(H,24,26). The maximum atomic E-state index is 11.3. The van der Waals surface area contributed by atoms with Crippen LogP contribution in [0.2, 0.25) is 5.02 Å². The average Bonchev–Trinajstić information content (AvgIpc) is 3.22. The monoisotopic (exact) mass is 416 g/mol. The van der Waals surface area contributed by atoms with Gasteiger partial charge in [-0.05, 0) is 54.8 Å². The van der Waals surface area contributed by atoms with Crippen LogP contribution in [0.4, 0.5) is 10.5 Å². The highest BCUT2D eigenvalue weighted by Crippen LogP contribution is 2.20. The number of nitrogens with zero attached hydrogens (tertiary/aromatic N) is 2. The molecule has 0 radical (unpaired) electrons. The van der Waals surface area contributed by atoms with Crippen molar-refractivity contribution in [2.24, 2.45) is 5.14 Å². The number of carbonyl (C=O) groups is 1. The summed E-state index contributed by atoms with van der Waals surface area (Å²) in [6.07, 6.45) is 7.12. The Labute approximate surface area is 173 Å². The Bertz CT molecular complexity index is 870. The van der Waals surface area contributed by atoms with Crippen LogP contribution in [0.3, 0.4) is 0 Å². The lowest BCUT2D eigenvalue weighted by Gasteiger charge is -2.20. The van der Waals surface area contributed by atoms with E-state index in [9.17, 15) is 4.79 Å². The van der Waals surface area contributed by atoms with E-state index in [-0.39, 0.29) is 11.3 Å². The van der Waals surface area contributed by atoms with Gasteiger partial charge in [0.1, 0.15) is 11.9 Å². The number of benzene rings is 2. The van der Waals surface area contributed by atoms with Crippen molar-refractivity contribution in [1.82, 2.24) is 9.55 Å². The highest BCUT2D eigenvalue weighted by Gasteiger charge is 2.13. The number of amides is 1. The van der Waals surface area contributed by atoms with Crippen molar-refractivity contribution in [3.05, 3.63) is 77.8 Å². The van der Waals surface area contributed by atoms with Crippen molar-refractivity contribution in [1.29, 1.82) is 0 Å². The van der Waals surface area contributed by atoms with Gasteiger partial charge in [0.25, 0.3) is 5.24 Å². The van der Waals surface area contributed by atoms with Gasteiger partial charge in [-0.2, -0.15) is 0 Å². The smallest absolute Gasteiger partial charge is 0.298 e. The molecule has 3 rings (SSSR count). The van der Waals surface area contributed by atoms with E-state index in [1.165, 1.54) is 5.56 Å². The topological polar surface area (TPSA) is 82.2 Å². The van der Waals surface area contributed by atoms with Crippen LogP contribution in [0.25, 0.3) is 0 Å². The van der Waals surface area contributed by atoms with Gasteiger partial charge >= 0.3 is 0 Å². The molecule has 1 aromatic heterocycles. The summed E-state index contributed by atoms with van der Waals surface area (Å²) in [6, 6.07) is 15.1. The van der Waals surface area contributed by atoms with Crippen LogP contribution >= 0.6 is 23.5 Å². The number of aryl methyl sites for hydroxylation is 1. The number of aromatic nitrogens is 2. The molecule has 0 aliphatic rings. The number of nitrogens with one attached hydrogen (secondary N) is 1. The number of hydrogen-bond donors (Lipinski definition) is 2. The van der Waals surface area contributed by atoms with Crippen molar-refractivity contribution < 1.29 is 9.53 Å². The highest BCUT2D eigenvalue weighted by molar-refractivity contribution is 8.11. The number of imidazole rings is 1. The second-order valence-electron chi connectivity index (χ2n) is 6.22. The highest BCUT2D eigenvalue weighted by atomic mass is 35.5. The summed E-state index contributed by atoms with van der Waals surface area (Å²) in [7, 11) is 0. The zero-order chi connectivity index (χ0) is 19.8. The zero-order valence-corrected chi connectivity index (χ0v) is 16.7. The number of hydrogen-bond acceptors (Lipinski definition) is 5. The van der Waals surface area contributed by atoms with Crippen LogP contribution in [0.5, 0.6) is 5.75 Å². The predicted octanol–water partition coefficient (Wildman–Crippen LogP) is 4.76. The lowest BCUT2D eigenvalue weighted by atomic mass is 10.1. The van der Waals surface area contributed by atoms with Crippen LogP contribution in [-0.4, -0.2) is 20.9 Å². The van der Waals surface area contributed by atoms with E-state index >= 15 is 0 Å². The minimum atomic E-state index is -0.311. The summed E-state index contributed by atoms with van der Waals surface area (Å²) >= 11 is 6.60. The Morgan fingerprint density at radius 3 is 2.61 bits per heavy atom. The normalized spacial score (nSPS) is 11.8. The van der Waals surface area contributed by atoms with Crippen molar-refractivity contribution in [2.75, 3.05) is 5.32 Å². The summed E-state index contributed by atoms with van der Waals surface area (Å²) < 4.78 is 8.20. The number of rotatable bonds is 8. The number of nitrogens with two attached hydrogens (primary N) is 1. The second kappa shape index (κ2) is 10.2. The fourth-order valence-electron chi connectivity index (χ4n) is 2.75. The first-order valence-corrected chi connectivity index (χ1v) is 10.0. The van der Waals surface area contributed by atoms with E-state index in [2.05, 4.69) is 10.3 Å². The van der Waals surface area contributed by atoms with Crippen molar-refractivity contribution >= 4 is 34.5 Å². The van der Waals surface area contributed by atoms with E-state index in [1.807, 2.05) is 47.2 Å². The van der Waals surface area contributed by atoms with Crippen LogP contribution in [-0.2, 0) is 13.0 Å². The first kappa shape index (κ1) is 20.3. The molecule has 28 heavy (non-hydrogen) atoms. The minimum Gasteiger partial charge on any atom is -0.489 e. The van der Waals surface area contributed by atoms with Gasteiger partial charge in [0.2, 0.25) is 0 Å². The summed E-state index contributed by atoms with van der Waals surface area (Å²) in [5.74, 6) is 0.736. The molecular formula is C20H21ClN4O2S. The molecule has 2 aromatic carbocycles. The van der Waals surface area contributed by atoms with E-state index in [0.29, 0.717) is 24.2 Å². The molecule has 8 heteroatoms. The first-order valence-electron chi connectivity index (χ1n) is 8.77. The summed E-state index contributed by atoms with van der Waals surface area (Å²) in [5, 5.41) is 8.34. The molecular weight excluding hydrogens is 396 g/mol. The van der Waals surface area contributed by atoms with Gasteiger partial charge in [-0.25, -0.2) is 4.98 Å². The van der Waals surface area contributed by atoms with Gasteiger partial charge in [-0.1, -0.05) is 23.7 Å². The van der Waals surface area contributed by atoms with Gasteiger partial charge in [0.15, 0.2) is 0 Å². The molecule has 0 bridgehead atoms. The van der Waals surface area contributed by atoms with Gasteiger partial charge < -0.3 is 14.6 Å². The van der Waals surface area contributed by atoms with Crippen LogP contribution in [0.15, 0.2) is 67.3 Å². The van der Waals surface area contributed by atoms with Crippen molar-refractivity contribution in [3.63, 3.8) is 0 Å². The average molecular weight is 417 g/mol. The Hall–Kier alpha value is -2.48. The molecule has 3 aromatic rings. The number of carbonyl (C=O) groups excluding carboxylic acids is 1. The number of halogens is 1. The van der Waals surface area contributed by atoms with Gasteiger partial charge in [0, 0.05) is 35.1 Å². The predicted molar refractivity (Wildman–Crippen MR) is 114 cm³/mol. The lowest BCUT2D eigenvalue weighted by molar-refractivity contribution is 0.170.